The SMILES string of the molecule is CC(N)CCCC(C)c1nc(-c2ncc[nH]2)no1. The minimum atomic E-state index is 0.249. The Labute approximate surface area is 106 Å². The highest BCUT2D eigenvalue weighted by atomic mass is 16.5. The van der Waals surface area contributed by atoms with E-state index < -0.39 is 0 Å². The molecule has 2 aromatic heterocycles. The van der Waals surface area contributed by atoms with E-state index in [0.717, 1.165) is 19.3 Å². The van der Waals surface area contributed by atoms with Crippen molar-refractivity contribution >= 4 is 0 Å². The van der Waals surface area contributed by atoms with Gasteiger partial charge in [-0.1, -0.05) is 18.5 Å². The highest BCUT2D eigenvalue weighted by Crippen LogP contribution is 2.22. The fourth-order valence-electron chi connectivity index (χ4n) is 1.79. The number of nitrogens with two attached hydrogens (primary N) is 1. The summed E-state index contributed by atoms with van der Waals surface area (Å²) < 4.78 is 5.26. The molecule has 98 valence electrons. The Kier molecular flexibility index (Phi) is 4.09. The van der Waals surface area contributed by atoms with Gasteiger partial charge in [-0.3, -0.25) is 0 Å². The van der Waals surface area contributed by atoms with E-state index in [0.29, 0.717) is 17.5 Å². The van der Waals surface area contributed by atoms with Gasteiger partial charge in [0.05, 0.1) is 0 Å². The Morgan fingerprint density at radius 2 is 2.22 bits per heavy atom. The van der Waals surface area contributed by atoms with Gasteiger partial charge in [-0.05, 0) is 19.8 Å². The number of hydrogen-bond acceptors (Lipinski definition) is 5. The first-order valence-electron chi connectivity index (χ1n) is 6.25. The molecule has 3 N–H and O–H groups in total. The third-order valence-corrected chi connectivity index (χ3v) is 2.87. The van der Waals surface area contributed by atoms with Crippen molar-refractivity contribution in [2.75, 3.05) is 0 Å². The van der Waals surface area contributed by atoms with Crippen LogP contribution in [-0.2, 0) is 0 Å². The van der Waals surface area contributed by atoms with Crippen LogP contribution in [0.1, 0.15) is 44.9 Å². The van der Waals surface area contributed by atoms with Crippen LogP contribution in [0.15, 0.2) is 16.9 Å². The average molecular weight is 249 g/mol. The molecule has 18 heavy (non-hydrogen) atoms. The van der Waals surface area contributed by atoms with E-state index in [1.54, 1.807) is 12.4 Å². The number of H-pyrrole nitrogens is 1. The van der Waals surface area contributed by atoms with Gasteiger partial charge in [0.1, 0.15) is 0 Å². The molecular formula is C12H19N5O. The van der Waals surface area contributed by atoms with Crippen LogP contribution in [0.2, 0.25) is 0 Å². The summed E-state index contributed by atoms with van der Waals surface area (Å²) in [5.74, 6) is 2.05. The van der Waals surface area contributed by atoms with Gasteiger partial charge < -0.3 is 15.2 Å². The van der Waals surface area contributed by atoms with Crippen LogP contribution in [-0.4, -0.2) is 26.2 Å². The van der Waals surface area contributed by atoms with Crippen LogP contribution in [0.3, 0.4) is 0 Å². The van der Waals surface area contributed by atoms with E-state index in [2.05, 4.69) is 27.0 Å². The summed E-state index contributed by atoms with van der Waals surface area (Å²) in [4.78, 5) is 11.4. The molecule has 2 aromatic rings. The Hall–Kier alpha value is -1.69. The third kappa shape index (κ3) is 3.16. The maximum Gasteiger partial charge on any atom is 0.238 e. The van der Waals surface area contributed by atoms with Crippen LogP contribution >= 0.6 is 0 Å². The van der Waals surface area contributed by atoms with Gasteiger partial charge in [-0.25, -0.2) is 4.98 Å². The lowest BCUT2D eigenvalue weighted by Gasteiger charge is -2.07. The van der Waals surface area contributed by atoms with Crippen molar-refractivity contribution in [3.63, 3.8) is 0 Å². The molecule has 0 spiro atoms. The fraction of sp³-hybridized carbons (Fsp3) is 0.583. The first-order valence-corrected chi connectivity index (χ1v) is 6.25. The summed E-state index contributed by atoms with van der Waals surface area (Å²) in [6.07, 6.45) is 6.48. The van der Waals surface area contributed by atoms with Gasteiger partial charge in [0, 0.05) is 24.4 Å². The van der Waals surface area contributed by atoms with Crippen molar-refractivity contribution in [1.29, 1.82) is 0 Å². The van der Waals surface area contributed by atoms with Crippen LogP contribution < -0.4 is 5.73 Å². The highest BCUT2D eigenvalue weighted by Gasteiger charge is 2.16. The van der Waals surface area contributed by atoms with Crippen LogP contribution in [0.25, 0.3) is 11.6 Å². The minimum absolute atomic E-state index is 0.249. The molecule has 0 aromatic carbocycles. The molecule has 0 aliphatic heterocycles. The molecule has 0 aliphatic carbocycles. The zero-order valence-corrected chi connectivity index (χ0v) is 10.8. The fourth-order valence-corrected chi connectivity index (χ4v) is 1.79. The van der Waals surface area contributed by atoms with Gasteiger partial charge >= 0.3 is 0 Å². The highest BCUT2D eigenvalue weighted by molar-refractivity contribution is 5.40. The summed E-state index contributed by atoms with van der Waals surface area (Å²) in [7, 11) is 0. The number of rotatable bonds is 6. The number of nitrogens with zero attached hydrogens (tertiary/aromatic N) is 3. The molecule has 0 bridgehead atoms. The second-order valence-corrected chi connectivity index (χ2v) is 4.70. The second-order valence-electron chi connectivity index (χ2n) is 4.70. The summed E-state index contributed by atoms with van der Waals surface area (Å²) in [5.41, 5.74) is 5.72. The average Bonchev–Trinajstić information content (AvgIpc) is 2.99. The van der Waals surface area contributed by atoms with E-state index in [-0.39, 0.29) is 12.0 Å². The molecule has 2 atom stereocenters. The van der Waals surface area contributed by atoms with E-state index in [1.807, 2.05) is 6.92 Å². The summed E-state index contributed by atoms with van der Waals surface area (Å²) in [6.45, 7) is 4.10. The zero-order chi connectivity index (χ0) is 13.0. The Morgan fingerprint density at radius 3 is 2.89 bits per heavy atom. The summed E-state index contributed by atoms with van der Waals surface area (Å²) in [5, 5.41) is 3.92. The van der Waals surface area contributed by atoms with Crippen molar-refractivity contribution in [3.05, 3.63) is 18.3 Å². The zero-order valence-electron chi connectivity index (χ0n) is 10.8. The Morgan fingerprint density at radius 1 is 1.39 bits per heavy atom. The molecule has 6 heteroatoms. The van der Waals surface area contributed by atoms with E-state index >= 15 is 0 Å². The van der Waals surface area contributed by atoms with Gasteiger partial charge in [0.15, 0.2) is 5.82 Å². The van der Waals surface area contributed by atoms with Gasteiger partial charge in [0.25, 0.3) is 0 Å². The molecule has 2 heterocycles. The van der Waals surface area contributed by atoms with E-state index in [9.17, 15) is 0 Å². The predicted molar refractivity (Wildman–Crippen MR) is 67.8 cm³/mol. The normalized spacial score (nSPS) is 14.6. The lowest BCUT2D eigenvalue weighted by molar-refractivity contribution is 0.349. The number of imidazole rings is 1. The van der Waals surface area contributed by atoms with Crippen LogP contribution in [0.5, 0.6) is 0 Å². The molecule has 6 nitrogen and oxygen atoms in total. The number of aromatic amines is 1. The van der Waals surface area contributed by atoms with Crippen LogP contribution in [0, 0.1) is 0 Å². The molecule has 0 amide bonds. The Balaban J connectivity index is 1.93. The van der Waals surface area contributed by atoms with Crippen molar-refractivity contribution in [1.82, 2.24) is 20.1 Å². The molecular weight excluding hydrogens is 230 g/mol. The quantitative estimate of drug-likeness (QED) is 0.817. The summed E-state index contributed by atoms with van der Waals surface area (Å²) in [6, 6.07) is 0.249. The number of hydrogen-bond donors (Lipinski definition) is 2. The van der Waals surface area contributed by atoms with Crippen LogP contribution in [0.4, 0.5) is 0 Å². The number of aromatic nitrogens is 4. The van der Waals surface area contributed by atoms with Crippen molar-refractivity contribution < 1.29 is 4.52 Å². The molecule has 0 fully saturated rings. The topological polar surface area (TPSA) is 93.6 Å². The van der Waals surface area contributed by atoms with E-state index in [1.165, 1.54) is 0 Å². The standard InChI is InChI=1S/C12H19N5O/c1-8(4-3-5-9(2)13)12-16-11(17-18-12)10-14-6-7-15-10/h6-9H,3-5,13H2,1-2H3,(H,14,15). The van der Waals surface area contributed by atoms with Gasteiger partial charge in [0.2, 0.25) is 11.7 Å². The Bertz CT molecular complexity index is 463. The second kappa shape index (κ2) is 5.77. The van der Waals surface area contributed by atoms with Gasteiger partial charge in [-0.15, -0.1) is 0 Å². The van der Waals surface area contributed by atoms with Crippen molar-refractivity contribution in [2.45, 2.75) is 45.1 Å². The van der Waals surface area contributed by atoms with Gasteiger partial charge in [-0.2, -0.15) is 4.98 Å². The maximum absolute atomic E-state index is 5.72. The van der Waals surface area contributed by atoms with Crippen molar-refractivity contribution in [3.8, 4) is 11.6 Å². The lowest BCUT2D eigenvalue weighted by Crippen LogP contribution is -2.14. The first kappa shape index (κ1) is 12.8. The monoisotopic (exact) mass is 249 g/mol. The summed E-state index contributed by atoms with van der Waals surface area (Å²) >= 11 is 0. The minimum Gasteiger partial charge on any atom is -0.342 e. The molecule has 2 unspecified atom stereocenters. The largest absolute Gasteiger partial charge is 0.342 e. The van der Waals surface area contributed by atoms with E-state index in [4.69, 9.17) is 10.3 Å². The maximum atomic E-state index is 5.72. The first-order chi connectivity index (χ1) is 8.66. The lowest BCUT2D eigenvalue weighted by atomic mass is 10.0. The molecule has 0 saturated heterocycles. The van der Waals surface area contributed by atoms with Crippen molar-refractivity contribution in [2.24, 2.45) is 5.73 Å². The third-order valence-electron chi connectivity index (χ3n) is 2.87. The molecule has 0 radical (unpaired) electrons. The predicted octanol–water partition coefficient (Wildman–Crippen LogP) is 2.08. The molecule has 0 saturated carbocycles. The smallest absolute Gasteiger partial charge is 0.238 e. The number of nitrogens with one attached hydrogen (secondary N) is 1. The molecule has 2 rings (SSSR count). The molecule has 0 aliphatic rings.